The molecule has 2 aromatic rings. The van der Waals surface area contributed by atoms with Crippen molar-refractivity contribution in [2.75, 3.05) is 17.3 Å². The van der Waals surface area contributed by atoms with Crippen molar-refractivity contribution in [3.05, 3.63) is 22.7 Å². The zero-order valence-corrected chi connectivity index (χ0v) is 9.27. The molecule has 0 unspecified atom stereocenters. The molecule has 7 heteroatoms. The molecule has 15 heavy (non-hydrogen) atoms. The van der Waals surface area contributed by atoms with Gasteiger partial charge in [-0.2, -0.15) is 0 Å². The highest BCUT2D eigenvalue weighted by molar-refractivity contribution is 9.10. The predicted molar refractivity (Wildman–Crippen MR) is 62.1 cm³/mol. The van der Waals surface area contributed by atoms with Gasteiger partial charge in [0.2, 0.25) is 5.95 Å². The molecule has 0 aliphatic carbocycles. The zero-order chi connectivity index (χ0) is 11.0. The van der Waals surface area contributed by atoms with Crippen molar-refractivity contribution in [3.8, 4) is 11.4 Å². The third-order valence-electron chi connectivity index (χ3n) is 1.98. The Balaban J connectivity index is 2.55. The van der Waals surface area contributed by atoms with Crippen LogP contribution in [0.1, 0.15) is 0 Å². The summed E-state index contributed by atoms with van der Waals surface area (Å²) in [5.41, 5.74) is 12.6. The normalized spacial score (nSPS) is 10.5. The molecule has 0 saturated heterocycles. The van der Waals surface area contributed by atoms with E-state index in [1.165, 1.54) is 4.68 Å². The molecule has 0 saturated carbocycles. The van der Waals surface area contributed by atoms with Crippen LogP contribution in [-0.2, 0) is 0 Å². The summed E-state index contributed by atoms with van der Waals surface area (Å²) in [7, 11) is 0. The van der Waals surface area contributed by atoms with Crippen LogP contribution in [0, 0.1) is 0 Å². The van der Waals surface area contributed by atoms with Gasteiger partial charge < -0.3 is 17.3 Å². The highest BCUT2D eigenvalue weighted by Crippen LogP contribution is 2.26. The number of benzene rings is 1. The average molecular weight is 269 g/mol. The van der Waals surface area contributed by atoms with E-state index in [0.29, 0.717) is 11.5 Å². The Hall–Kier alpha value is -1.76. The first-order valence-electron chi connectivity index (χ1n) is 4.11. The highest BCUT2D eigenvalue weighted by atomic mass is 79.9. The van der Waals surface area contributed by atoms with Gasteiger partial charge in [0.15, 0.2) is 5.82 Å². The van der Waals surface area contributed by atoms with E-state index < -0.39 is 0 Å². The summed E-state index contributed by atoms with van der Waals surface area (Å²) in [4.78, 5) is 0. The van der Waals surface area contributed by atoms with E-state index in [-0.39, 0.29) is 5.95 Å². The second-order valence-corrected chi connectivity index (χ2v) is 3.84. The highest BCUT2D eigenvalue weighted by Gasteiger charge is 2.09. The van der Waals surface area contributed by atoms with E-state index in [4.69, 9.17) is 17.3 Å². The molecule has 0 atom stereocenters. The van der Waals surface area contributed by atoms with Crippen LogP contribution in [0.4, 0.5) is 11.6 Å². The molecule has 2 rings (SSSR count). The van der Waals surface area contributed by atoms with Crippen molar-refractivity contribution in [3.63, 3.8) is 0 Å². The van der Waals surface area contributed by atoms with Gasteiger partial charge in [-0.1, -0.05) is 0 Å². The molecule has 0 spiro atoms. The van der Waals surface area contributed by atoms with Crippen LogP contribution >= 0.6 is 15.9 Å². The Labute approximate surface area is 94.2 Å². The average Bonchev–Trinajstić information content (AvgIpc) is 2.53. The third kappa shape index (κ3) is 1.61. The van der Waals surface area contributed by atoms with Gasteiger partial charge in [-0.25, -0.2) is 4.68 Å². The second-order valence-electron chi connectivity index (χ2n) is 2.99. The Morgan fingerprint density at radius 2 is 1.93 bits per heavy atom. The zero-order valence-electron chi connectivity index (χ0n) is 7.68. The molecule has 1 heterocycles. The molecule has 78 valence electrons. The molecule has 1 aromatic carbocycles. The first kappa shape index (κ1) is 9.78. The van der Waals surface area contributed by atoms with E-state index in [1.54, 1.807) is 12.1 Å². The number of nitrogens with two attached hydrogens (primary N) is 3. The molecular formula is C8H9BrN6. The molecular weight excluding hydrogens is 260 g/mol. The van der Waals surface area contributed by atoms with Crippen molar-refractivity contribution in [1.82, 2.24) is 14.9 Å². The number of anilines is 2. The summed E-state index contributed by atoms with van der Waals surface area (Å²) in [5, 5.41) is 7.52. The van der Waals surface area contributed by atoms with Gasteiger partial charge in [0, 0.05) is 15.7 Å². The van der Waals surface area contributed by atoms with Crippen LogP contribution in [0.15, 0.2) is 22.7 Å². The smallest absolute Gasteiger partial charge is 0.241 e. The summed E-state index contributed by atoms with van der Waals surface area (Å²) in [6.07, 6.45) is 0. The molecule has 0 amide bonds. The number of aromatic nitrogens is 3. The first-order valence-corrected chi connectivity index (χ1v) is 4.90. The first-order chi connectivity index (χ1) is 7.09. The molecule has 0 radical (unpaired) electrons. The Morgan fingerprint density at radius 1 is 1.20 bits per heavy atom. The summed E-state index contributed by atoms with van der Waals surface area (Å²) < 4.78 is 2.00. The second kappa shape index (κ2) is 3.43. The Kier molecular flexibility index (Phi) is 2.24. The minimum absolute atomic E-state index is 0.165. The number of hydrogen-bond acceptors (Lipinski definition) is 5. The maximum Gasteiger partial charge on any atom is 0.241 e. The van der Waals surface area contributed by atoms with Crippen molar-refractivity contribution in [2.24, 2.45) is 0 Å². The number of nitrogen functional groups attached to an aromatic ring is 3. The van der Waals surface area contributed by atoms with Gasteiger partial charge >= 0.3 is 0 Å². The topological polar surface area (TPSA) is 109 Å². The van der Waals surface area contributed by atoms with Gasteiger partial charge in [-0.3, -0.25) is 0 Å². The van der Waals surface area contributed by atoms with Crippen molar-refractivity contribution in [1.29, 1.82) is 0 Å². The fourth-order valence-electron chi connectivity index (χ4n) is 1.17. The van der Waals surface area contributed by atoms with Gasteiger partial charge in [-0.15, -0.1) is 10.2 Å². The third-order valence-corrected chi connectivity index (χ3v) is 2.67. The Bertz CT molecular complexity index is 506. The molecule has 6 nitrogen and oxygen atoms in total. The van der Waals surface area contributed by atoms with E-state index in [9.17, 15) is 0 Å². The molecule has 0 bridgehead atoms. The van der Waals surface area contributed by atoms with Crippen LogP contribution in [0.2, 0.25) is 0 Å². The van der Waals surface area contributed by atoms with Gasteiger partial charge in [0.1, 0.15) is 0 Å². The van der Waals surface area contributed by atoms with Crippen molar-refractivity contribution < 1.29 is 0 Å². The summed E-state index contributed by atoms with van der Waals surface area (Å²) in [6.45, 7) is 0. The maximum atomic E-state index is 5.66. The van der Waals surface area contributed by atoms with Crippen LogP contribution in [-0.4, -0.2) is 14.9 Å². The fourth-order valence-corrected chi connectivity index (χ4v) is 1.55. The van der Waals surface area contributed by atoms with Gasteiger partial charge in [0.25, 0.3) is 0 Å². The van der Waals surface area contributed by atoms with E-state index in [0.717, 1.165) is 10.0 Å². The van der Waals surface area contributed by atoms with Crippen LogP contribution in [0.5, 0.6) is 0 Å². The minimum Gasteiger partial charge on any atom is -0.398 e. The molecule has 0 aliphatic heterocycles. The van der Waals surface area contributed by atoms with Crippen LogP contribution in [0.3, 0.4) is 0 Å². The monoisotopic (exact) mass is 268 g/mol. The lowest BCUT2D eigenvalue weighted by molar-refractivity contribution is 1.02. The number of nitrogens with zero attached hydrogens (tertiary/aromatic N) is 3. The molecule has 0 fully saturated rings. The molecule has 1 aromatic heterocycles. The standard InChI is InChI=1S/C8H9BrN6/c9-5-3-4(1-2-6(5)10)7-13-14-8(11)15(7)12/h1-3H,10,12H2,(H2,11,14). The number of halogens is 1. The predicted octanol–water partition coefficient (Wildman–Crippen LogP) is 0.586. The fraction of sp³-hybridized carbons (Fsp3) is 0. The summed E-state index contributed by atoms with van der Waals surface area (Å²) in [5.74, 6) is 6.30. The number of hydrogen-bond donors (Lipinski definition) is 3. The molecule has 0 aliphatic rings. The van der Waals surface area contributed by atoms with E-state index in [1.807, 2.05) is 6.07 Å². The largest absolute Gasteiger partial charge is 0.398 e. The summed E-state index contributed by atoms with van der Waals surface area (Å²) >= 11 is 3.32. The lowest BCUT2D eigenvalue weighted by Crippen LogP contribution is -2.13. The van der Waals surface area contributed by atoms with Gasteiger partial charge in [-0.05, 0) is 34.1 Å². The van der Waals surface area contributed by atoms with Crippen molar-refractivity contribution in [2.45, 2.75) is 0 Å². The lowest BCUT2D eigenvalue weighted by atomic mass is 10.2. The summed E-state index contributed by atoms with van der Waals surface area (Å²) in [6, 6.07) is 5.36. The lowest BCUT2D eigenvalue weighted by Gasteiger charge is -2.03. The van der Waals surface area contributed by atoms with Crippen molar-refractivity contribution >= 4 is 27.6 Å². The quantitative estimate of drug-likeness (QED) is 0.518. The van der Waals surface area contributed by atoms with Crippen LogP contribution in [0.25, 0.3) is 11.4 Å². The van der Waals surface area contributed by atoms with Gasteiger partial charge in [0.05, 0.1) is 0 Å². The minimum atomic E-state index is 0.165. The molecule has 6 N–H and O–H groups in total. The van der Waals surface area contributed by atoms with E-state index in [2.05, 4.69) is 26.1 Å². The van der Waals surface area contributed by atoms with E-state index >= 15 is 0 Å². The maximum absolute atomic E-state index is 5.66. The number of rotatable bonds is 1. The Morgan fingerprint density at radius 3 is 2.47 bits per heavy atom. The van der Waals surface area contributed by atoms with Crippen LogP contribution < -0.4 is 17.3 Å². The SMILES string of the molecule is Nc1ccc(-c2nnc(N)n2N)cc1Br.